The van der Waals surface area contributed by atoms with Gasteiger partial charge in [0, 0.05) is 14.0 Å². The summed E-state index contributed by atoms with van der Waals surface area (Å²) in [6.45, 7) is 3.67. The molecular weight excluding hydrogens is 134 g/mol. The van der Waals surface area contributed by atoms with Crippen LogP contribution in [-0.2, 0) is 14.4 Å². The number of hydrogen-bond acceptors (Lipinski definition) is 3. The highest BCUT2D eigenvalue weighted by Gasteiger charge is 2.00. The average Bonchev–Trinajstić information content (AvgIpc) is 1.85. The summed E-state index contributed by atoms with van der Waals surface area (Å²) in [7, 11) is 1.58. The first-order chi connectivity index (χ1) is 4.66. The Hall–Kier alpha value is -0.610. The second kappa shape index (κ2) is 5.20. The van der Waals surface area contributed by atoms with Crippen molar-refractivity contribution in [1.29, 1.82) is 0 Å². The van der Waals surface area contributed by atoms with Gasteiger partial charge in [-0.05, 0) is 6.92 Å². The smallest absolute Gasteiger partial charge is 0.240 e. The van der Waals surface area contributed by atoms with E-state index < -0.39 is 0 Å². The van der Waals surface area contributed by atoms with E-state index in [9.17, 15) is 4.79 Å². The van der Waals surface area contributed by atoms with E-state index in [1.807, 2.05) is 0 Å². The maximum atomic E-state index is 10.3. The van der Waals surface area contributed by atoms with Gasteiger partial charge in [-0.25, -0.2) is 5.48 Å². The fourth-order valence-corrected chi connectivity index (χ4v) is 0.452. The van der Waals surface area contributed by atoms with Crippen LogP contribution in [0.4, 0.5) is 0 Å². The molecular formula is C6H13NO3. The minimum absolute atomic E-state index is 0.103. The van der Waals surface area contributed by atoms with Gasteiger partial charge in [0.2, 0.25) is 5.91 Å². The Labute approximate surface area is 60.5 Å². The minimum atomic E-state index is -0.206. The molecule has 60 valence electrons. The number of rotatable bonds is 4. The van der Waals surface area contributed by atoms with Gasteiger partial charge in [-0.1, -0.05) is 0 Å². The molecule has 0 bridgehead atoms. The van der Waals surface area contributed by atoms with Crippen LogP contribution in [0.3, 0.4) is 0 Å². The Morgan fingerprint density at radius 1 is 1.70 bits per heavy atom. The van der Waals surface area contributed by atoms with Crippen molar-refractivity contribution >= 4 is 5.91 Å². The standard InChI is InChI=1S/C6H13NO3/c1-5(4-9-3)10-7-6(2)8/h5H,4H2,1-3H3,(H,7,8). The molecule has 0 aliphatic rings. The minimum Gasteiger partial charge on any atom is -0.382 e. The molecule has 4 nitrogen and oxygen atoms in total. The molecule has 0 saturated carbocycles. The molecule has 0 aromatic rings. The van der Waals surface area contributed by atoms with Crippen LogP contribution in [0.25, 0.3) is 0 Å². The lowest BCUT2D eigenvalue weighted by Gasteiger charge is -2.09. The summed E-state index contributed by atoms with van der Waals surface area (Å²) in [5.41, 5.74) is 2.21. The van der Waals surface area contributed by atoms with Crippen molar-refractivity contribution in [3.05, 3.63) is 0 Å². The molecule has 1 N–H and O–H groups in total. The monoisotopic (exact) mass is 147 g/mol. The molecule has 0 radical (unpaired) electrons. The van der Waals surface area contributed by atoms with Crippen LogP contribution in [0, 0.1) is 0 Å². The van der Waals surface area contributed by atoms with Crippen LogP contribution < -0.4 is 5.48 Å². The lowest BCUT2D eigenvalue weighted by atomic mass is 10.4. The number of methoxy groups -OCH3 is 1. The van der Waals surface area contributed by atoms with E-state index in [0.717, 1.165) is 0 Å². The Morgan fingerprint density at radius 3 is 2.70 bits per heavy atom. The van der Waals surface area contributed by atoms with Crippen LogP contribution in [0.15, 0.2) is 0 Å². The summed E-state index contributed by atoms with van der Waals surface area (Å²) in [4.78, 5) is 15.1. The van der Waals surface area contributed by atoms with Crippen molar-refractivity contribution in [3.8, 4) is 0 Å². The molecule has 1 amide bonds. The zero-order valence-electron chi connectivity index (χ0n) is 6.51. The van der Waals surface area contributed by atoms with Gasteiger partial charge in [0.25, 0.3) is 0 Å². The summed E-state index contributed by atoms with van der Waals surface area (Å²) in [5, 5.41) is 0. The number of ether oxygens (including phenoxy) is 1. The highest BCUT2D eigenvalue weighted by Crippen LogP contribution is 1.86. The van der Waals surface area contributed by atoms with E-state index in [-0.39, 0.29) is 12.0 Å². The molecule has 0 aromatic carbocycles. The SMILES string of the molecule is COCC(C)ONC(C)=O. The van der Waals surface area contributed by atoms with Crippen LogP contribution in [-0.4, -0.2) is 25.7 Å². The molecule has 0 fully saturated rings. The number of hydrogen-bond donors (Lipinski definition) is 1. The molecule has 0 rings (SSSR count). The highest BCUT2D eigenvalue weighted by molar-refractivity contribution is 5.71. The summed E-state index contributed by atoms with van der Waals surface area (Å²) in [6.07, 6.45) is -0.103. The van der Waals surface area contributed by atoms with Gasteiger partial charge < -0.3 is 4.74 Å². The topological polar surface area (TPSA) is 47.6 Å². The number of carbonyl (C=O) groups is 1. The lowest BCUT2D eigenvalue weighted by Crippen LogP contribution is -2.28. The lowest BCUT2D eigenvalue weighted by molar-refractivity contribution is -0.137. The van der Waals surface area contributed by atoms with Crippen LogP contribution in [0.2, 0.25) is 0 Å². The second-order valence-corrected chi connectivity index (χ2v) is 2.04. The molecule has 1 atom stereocenters. The maximum Gasteiger partial charge on any atom is 0.240 e. The van der Waals surface area contributed by atoms with Crippen molar-refractivity contribution < 1.29 is 14.4 Å². The van der Waals surface area contributed by atoms with E-state index in [1.165, 1.54) is 6.92 Å². The number of amides is 1. The van der Waals surface area contributed by atoms with Crippen molar-refractivity contribution in [2.45, 2.75) is 20.0 Å². The first-order valence-corrected chi connectivity index (χ1v) is 3.08. The Bertz CT molecular complexity index is 105. The Kier molecular flexibility index (Phi) is 4.88. The van der Waals surface area contributed by atoms with Crippen LogP contribution in [0.1, 0.15) is 13.8 Å². The van der Waals surface area contributed by atoms with Gasteiger partial charge in [-0.15, -0.1) is 0 Å². The molecule has 0 aliphatic carbocycles. The predicted octanol–water partition coefficient (Wildman–Crippen LogP) is 0.0890. The number of nitrogens with one attached hydrogen (secondary N) is 1. The molecule has 0 aliphatic heterocycles. The van der Waals surface area contributed by atoms with Crippen LogP contribution in [0.5, 0.6) is 0 Å². The third kappa shape index (κ3) is 5.53. The summed E-state index contributed by atoms with van der Waals surface area (Å²) < 4.78 is 4.76. The van der Waals surface area contributed by atoms with Crippen molar-refractivity contribution in [2.75, 3.05) is 13.7 Å². The zero-order valence-corrected chi connectivity index (χ0v) is 6.51. The number of carbonyl (C=O) groups excluding carboxylic acids is 1. The first kappa shape index (κ1) is 9.39. The third-order valence-electron chi connectivity index (χ3n) is 0.805. The molecule has 4 heteroatoms. The van der Waals surface area contributed by atoms with Gasteiger partial charge in [-0.3, -0.25) is 9.63 Å². The van der Waals surface area contributed by atoms with Gasteiger partial charge in [-0.2, -0.15) is 0 Å². The van der Waals surface area contributed by atoms with Crippen molar-refractivity contribution in [2.24, 2.45) is 0 Å². The summed E-state index contributed by atoms with van der Waals surface area (Å²) in [6, 6.07) is 0. The fourth-order valence-electron chi connectivity index (χ4n) is 0.452. The normalized spacial score (nSPS) is 12.7. The zero-order chi connectivity index (χ0) is 7.98. The average molecular weight is 147 g/mol. The Balaban J connectivity index is 3.21. The highest BCUT2D eigenvalue weighted by atomic mass is 16.7. The van der Waals surface area contributed by atoms with E-state index in [2.05, 4.69) is 5.48 Å². The molecule has 10 heavy (non-hydrogen) atoms. The quantitative estimate of drug-likeness (QED) is 0.573. The van der Waals surface area contributed by atoms with Crippen molar-refractivity contribution in [1.82, 2.24) is 5.48 Å². The molecule has 1 unspecified atom stereocenters. The largest absolute Gasteiger partial charge is 0.382 e. The van der Waals surface area contributed by atoms with Crippen molar-refractivity contribution in [3.63, 3.8) is 0 Å². The molecule has 0 spiro atoms. The molecule has 0 saturated heterocycles. The first-order valence-electron chi connectivity index (χ1n) is 3.08. The van der Waals surface area contributed by atoms with Gasteiger partial charge in [0.1, 0.15) is 6.10 Å². The van der Waals surface area contributed by atoms with Gasteiger partial charge in [0.05, 0.1) is 6.61 Å². The Morgan fingerprint density at radius 2 is 2.30 bits per heavy atom. The second-order valence-electron chi connectivity index (χ2n) is 2.04. The molecule has 0 heterocycles. The van der Waals surface area contributed by atoms with Crippen LogP contribution >= 0.6 is 0 Å². The number of hydroxylamine groups is 1. The van der Waals surface area contributed by atoms with E-state index in [1.54, 1.807) is 14.0 Å². The molecule has 0 aromatic heterocycles. The third-order valence-corrected chi connectivity index (χ3v) is 0.805. The van der Waals surface area contributed by atoms with E-state index >= 15 is 0 Å². The van der Waals surface area contributed by atoms with Gasteiger partial charge >= 0.3 is 0 Å². The fraction of sp³-hybridized carbons (Fsp3) is 0.833. The van der Waals surface area contributed by atoms with E-state index in [0.29, 0.717) is 6.61 Å². The predicted molar refractivity (Wildman–Crippen MR) is 36.2 cm³/mol. The van der Waals surface area contributed by atoms with Gasteiger partial charge in [0.15, 0.2) is 0 Å². The van der Waals surface area contributed by atoms with E-state index in [4.69, 9.17) is 9.57 Å². The maximum absolute atomic E-state index is 10.3. The summed E-state index contributed by atoms with van der Waals surface area (Å²) >= 11 is 0. The summed E-state index contributed by atoms with van der Waals surface area (Å²) in [5.74, 6) is -0.206.